The quantitative estimate of drug-likeness (QED) is 0.560. The molecule has 5 nitrogen and oxygen atoms in total. The van der Waals surface area contributed by atoms with E-state index in [4.69, 9.17) is 11.1 Å². The predicted molar refractivity (Wildman–Crippen MR) is 57.2 cm³/mol. The number of nitrogens with two attached hydrogens (primary N) is 1. The van der Waals surface area contributed by atoms with Gasteiger partial charge in [-0.25, -0.2) is 4.52 Å². The molecule has 3 N–H and O–H groups in total. The number of imidazole rings is 1. The Morgan fingerprint density at radius 3 is 2.87 bits per heavy atom. The van der Waals surface area contributed by atoms with Crippen LogP contribution in [0.4, 0.5) is 0 Å². The van der Waals surface area contributed by atoms with E-state index in [-0.39, 0.29) is 5.84 Å². The first kappa shape index (κ1) is 8.52. The number of nitrogen functional groups attached to an aromatic ring is 1. The number of hydrogen-bond donors (Lipinski definition) is 2. The number of hydrogen-bond acceptors (Lipinski definition) is 2. The molecule has 1 aliphatic carbocycles. The molecule has 15 heavy (non-hydrogen) atoms. The van der Waals surface area contributed by atoms with E-state index in [0.717, 1.165) is 16.9 Å². The summed E-state index contributed by atoms with van der Waals surface area (Å²) in [7, 11) is 1.94. The maximum Gasteiger partial charge on any atom is 0.146 e. The second-order valence-corrected chi connectivity index (χ2v) is 4.13. The summed E-state index contributed by atoms with van der Waals surface area (Å²) in [5, 5.41) is 12.1. The van der Waals surface area contributed by atoms with Crippen molar-refractivity contribution in [2.75, 3.05) is 0 Å². The fourth-order valence-electron chi connectivity index (χ4n) is 2.02. The molecule has 1 aliphatic rings. The van der Waals surface area contributed by atoms with Crippen LogP contribution >= 0.6 is 0 Å². The van der Waals surface area contributed by atoms with Gasteiger partial charge in [-0.2, -0.15) is 5.10 Å². The van der Waals surface area contributed by atoms with Crippen molar-refractivity contribution >= 4 is 11.5 Å². The van der Waals surface area contributed by atoms with Crippen molar-refractivity contribution in [1.82, 2.24) is 14.2 Å². The van der Waals surface area contributed by atoms with Crippen LogP contribution in [0.3, 0.4) is 0 Å². The molecule has 0 unspecified atom stereocenters. The smallest absolute Gasteiger partial charge is 0.146 e. The van der Waals surface area contributed by atoms with Crippen LogP contribution in [0.5, 0.6) is 0 Å². The highest BCUT2D eigenvalue weighted by atomic mass is 15.3. The molecule has 1 fully saturated rings. The molecule has 0 aliphatic heterocycles. The molecule has 2 aromatic rings. The van der Waals surface area contributed by atoms with Gasteiger partial charge in [-0.3, -0.25) is 5.41 Å². The highest BCUT2D eigenvalue weighted by Crippen LogP contribution is 2.41. The van der Waals surface area contributed by atoms with Crippen LogP contribution in [0.15, 0.2) is 12.4 Å². The lowest BCUT2D eigenvalue weighted by Gasteiger charge is -1.99. The third-order valence-electron chi connectivity index (χ3n) is 2.91. The van der Waals surface area contributed by atoms with Gasteiger partial charge in [0.2, 0.25) is 0 Å². The number of nitrogens with one attached hydrogen (secondary N) is 1. The van der Waals surface area contributed by atoms with Crippen molar-refractivity contribution in [2.45, 2.75) is 18.8 Å². The Morgan fingerprint density at radius 2 is 2.27 bits per heavy atom. The van der Waals surface area contributed by atoms with Crippen LogP contribution in [-0.2, 0) is 7.05 Å². The molecule has 0 bridgehead atoms. The first-order valence-corrected chi connectivity index (χ1v) is 5.06. The van der Waals surface area contributed by atoms with Crippen molar-refractivity contribution in [2.24, 2.45) is 12.8 Å². The van der Waals surface area contributed by atoms with Crippen LogP contribution in [0.1, 0.15) is 30.0 Å². The van der Waals surface area contributed by atoms with E-state index in [1.54, 1.807) is 0 Å². The van der Waals surface area contributed by atoms with Crippen molar-refractivity contribution in [1.29, 1.82) is 5.41 Å². The van der Waals surface area contributed by atoms with Gasteiger partial charge in [0.15, 0.2) is 0 Å². The summed E-state index contributed by atoms with van der Waals surface area (Å²) in [5.74, 6) is 0.637. The molecule has 3 rings (SSSR count). The van der Waals surface area contributed by atoms with Crippen molar-refractivity contribution < 1.29 is 0 Å². The van der Waals surface area contributed by atoms with Crippen molar-refractivity contribution in [3.8, 4) is 0 Å². The van der Waals surface area contributed by atoms with Gasteiger partial charge in [-0.05, 0) is 12.8 Å². The Bertz CT molecular complexity index is 543. The van der Waals surface area contributed by atoms with Crippen LogP contribution < -0.4 is 5.73 Å². The van der Waals surface area contributed by atoms with E-state index in [1.807, 2.05) is 28.5 Å². The van der Waals surface area contributed by atoms with Gasteiger partial charge in [-0.1, -0.05) is 0 Å². The van der Waals surface area contributed by atoms with Crippen molar-refractivity contribution in [3.63, 3.8) is 0 Å². The number of aromatic nitrogens is 3. The molecule has 0 aromatic carbocycles. The summed E-state index contributed by atoms with van der Waals surface area (Å²) in [6.07, 6.45) is 6.16. The fourth-order valence-corrected chi connectivity index (χ4v) is 2.02. The monoisotopic (exact) mass is 203 g/mol. The predicted octanol–water partition coefficient (Wildman–Crippen LogP) is 0.834. The standard InChI is InChI=1S/C10H13N5/c1-14-4-5-15-10(14)7(9(11)12)8(13-15)6-2-3-6/h4-6H,2-3H2,1H3,(H3,11,12). The lowest BCUT2D eigenvalue weighted by Crippen LogP contribution is -2.13. The van der Waals surface area contributed by atoms with Gasteiger partial charge in [0.25, 0.3) is 0 Å². The number of rotatable bonds is 2. The first-order valence-electron chi connectivity index (χ1n) is 5.06. The van der Waals surface area contributed by atoms with Crippen LogP contribution in [0.25, 0.3) is 5.65 Å². The van der Waals surface area contributed by atoms with Crippen LogP contribution in [0, 0.1) is 5.41 Å². The minimum absolute atomic E-state index is 0.119. The van der Waals surface area contributed by atoms with Gasteiger partial charge >= 0.3 is 0 Å². The van der Waals surface area contributed by atoms with Gasteiger partial charge < -0.3 is 10.3 Å². The minimum Gasteiger partial charge on any atom is -0.384 e. The Labute approximate surface area is 87.0 Å². The second kappa shape index (κ2) is 2.62. The molecule has 2 heterocycles. The Kier molecular flexibility index (Phi) is 1.49. The van der Waals surface area contributed by atoms with Crippen LogP contribution in [-0.4, -0.2) is 20.0 Å². The van der Waals surface area contributed by atoms with Crippen molar-refractivity contribution in [3.05, 3.63) is 23.7 Å². The zero-order chi connectivity index (χ0) is 10.6. The summed E-state index contributed by atoms with van der Waals surface area (Å²) in [4.78, 5) is 0. The average Bonchev–Trinajstić information content (AvgIpc) is 2.86. The zero-order valence-electron chi connectivity index (χ0n) is 8.57. The highest BCUT2D eigenvalue weighted by molar-refractivity contribution is 6.02. The van der Waals surface area contributed by atoms with Gasteiger partial charge in [0, 0.05) is 25.4 Å². The number of amidine groups is 1. The molecule has 2 aromatic heterocycles. The normalized spacial score (nSPS) is 16.1. The molecular weight excluding hydrogens is 190 g/mol. The molecule has 0 amide bonds. The zero-order valence-corrected chi connectivity index (χ0v) is 8.57. The van der Waals surface area contributed by atoms with E-state index in [9.17, 15) is 0 Å². The summed E-state index contributed by atoms with van der Waals surface area (Å²) < 4.78 is 3.76. The van der Waals surface area contributed by atoms with E-state index in [0.29, 0.717) is 5.92 Å². The molecule has 5 heteroatoms. The second-order valence-electron chi connectivity index (χ2n) is 4.13. The molecule has 0 saturated heterocycles. The van der Waals surface area contributed by atoms with E-state index < -0.39 is 0 Å². The number of nitrogens with zero attached hydrogens (tertiary/aromatic N) is 3. The third-order valence-corrected chi connectivity index (χ3v) is 2.91. The van der Waals surface area contributed by atoms with Gasteiger partial charge in [0.05, 0.1) is 11.3 Å². The Morgan fingerprint density at radius 1 is 1.53 bits per heavy atom. The number of aryl methyl sites for hydroxylation is 1. The SMILES string of the molecule is Cn1ccn2nc(C3CC3)c(C(=N)N)c12. The first-order chi connectivity index (χ1) is 7.18. The fraction of sp³-hybridized carbons (Fsp3) is 0.400. The van der Waals surface area contributed by atoms with Crippen LogP contribution in [0.2, 0.25) is 0 Å². The summed E-state index contributed by atoms with van der Waals surface area (Å²) in [6.45, 7) is 0. The third kappa shape index (κ3) is 1.09. The molecule has 0 radical (unpaired) electrons. The summed E-state index contributed by atoms with van der Waals surface area (Å²) in [6, 6.07) is 0. The Balaban J connectivity index is 2.34. The lowest BCUT2D eigenvalue weighted by molar-refractivity contribution is 0.889. The molecular formula is C10H13N5. The minimum atomic E-state index is 0.119. The molecule has 0 atom stereocenters. The van der Waals surface area contributed by atoms with Gasteiger partial charge in [-0.15, -0.1) is 0 Å². The summed E-state index contributed by atoms with van der Waals surface area (Å²) >= 11 is 0. The van der Waals surface area contributed by atoms with E-state index in [1.165, 1.54) is 12.8 Å². The molecule has 78 valence electrons. The molecule has 0 spiro atoms. The Hall–Kier alpha value is -1.78. The van der Waals surface area contributed by atoms with Gasteiger partial charge in [0.1, 0.15) is 11.5 Å². The largest absolute Gasteiger partial charge is 0.384 e. The highest BCUT2D eigenvalue weighted by Gasteiger charge is 2.31. The maximum atomic E-state index is 7.64. The molecule has 1 saturated carbocycles. The van der Waals surface area contributed by atoms with E-state index >= 15 is 0 Å². The maximum absolute atomic E-state index is 7.64. The average molecular weight is 203 g/mol. The topological polar surface area (TPSA) is 72.1 Å². The van der Waals surface area contributed by atoms with E-state index in [2.05, 4.69) is 5.10 Å². The summed E-state index contributed by atoms with van der Waals surface area (Å²) in [5.41, 5.74) is 8.36. The lowest BCUT2D eigenvalue weighted by atomic mass is 10.1. The number of fused-ring (bicyclic) bond motifs is 1.